The van der Waals surface area contributed by atoms with Crippen molar-refractivity contribution in [1.29, 1.82) is 0 Å². The number of hydrogen-bond donors (Lipinski definition) is 2. The number of nitrogens with two attached hydrogens (primary N) is 1. The van der Waals surface area contributed by atoms with E-state index >= 15 is 0 Å². The molecule has 110 valence electrons. The van der Waals surface area contributed by atoms with E-state index in [1.54, 1.807) is 6.07 Å². The van der Waals surface area contributed by atoms with E-state index in [0.717, 1.165) is 24.4 Å². The Kier molecular flexibility index (Phi) is 5.84. The lowest BCUT2D eigenvalue weighted by atomic mass is 10.0. The van der Waals surface area contributed by atoms with Gasteiger partial charge in [0.15, 0.2) is 0 Å². The summed E-state index contributed by atoms with van der Waals surface area (Å²) in [4.78, 5) is 12.4. The number of carbonyl (C=O) groups excluding carboxylic acids is 1. The van der Waals surface area contributed by atoms with Crippen LogP contribution in [0.2, 0.25) is 0 Å². The van der Waals surface area contributed by atoms with Crippen molar-refractivity contribution in [3.63, 3.8) is 0 Å². The minimum absolute atomic E-state index is 0.378. The number of rotatable bonds is 7. The Morgan fingerprint density at radius 3 is 2.62 bits per heavy atom. The van der Waals surface area contributed by atoms with Crippen molar-refractivity contribution in [2.24, 2.45) is 5.73 Å². The van der Waals surface area contributed by atoms with E-state index in [2.05, 4.69) is 29.6 Å². The molecule has 0 heterocycles. The average Bonchev–Trinajstić information content (AvgIpc) is 2.49. The molecule has 21 heavy (non-hydrogen) atoms. The third-order valence-corrected chi connectivity index (χ3v) is 4.25. The molecule has 0 atom stereocenters. The van der Waals surface area contributed by atoms with Crippen LogP contribution in [0.3, 0.4) is 0 Å². The van der Waals surface area contributed by atoms with Gasteiger partial charge in [-0.25, -0.2) is 0 Å². The van der Waals surface area contributed by atoms with Crippen molar-refractivity contribution in [1.82, 2.24) is 5.32 Å². The Bertz CT molecular complexity index is 599. The molecule has 0 aliphatic heterocycles. The fourth-order valence-corrected chi connectivity index (χ4v) is 2.86. The van der Waals surface area contributed by atoms with E-state index in [9.17, 15) is 4.79 Å². The lowest BCUT2D eigenvalue weighted by Gasteiger charge is -2.09. The summed E-state index contributed by atoms with van der Waals surface area (Å²) in [5.41, 5.74) is 8.13. The maximum Gasteiger partial charge on any atom is 0.248 e. The van der Waals surface area contributed by atoms with Crippen molar-refractivity contribution < 1.29 is 4.79 Å². The second kappa shape index (κ2) is 7.86. The van der Waals surface area contributed by atoms with Gasteiger partial charge in [0.05, 0.1) is 0 Å². The topological polar surface area (TPSA) is 55.1 Å². The fourth-order valence-electron chi connectivity index (χ4n) is 2.03. The number of carbonyl (C=O) groups is 1. The molecule has 0 unspecified atom stereocenters. The number of nitrogens with one attached hydrogen (secondary N) is 1. The highest BCUT2D eigenvalue weighted by molar-refractivity contribution is 7.99. The lowest BCUT2D eigenvalue weighted by molar-refractivity contribution is 0.1000. The largest absolute Gasteiger partial charge is 0.366 e. The second-order valence-corrected chi connectivity index (χ2v) is 6.01. The Labute approximate surface area is 129 Å². The second-order valence-electron chi connectivity index (χ2n) is 4.84. The minimum atomic E-state index is -0.378. The molecule has 0 saturated heterocycles. The summed E-state index contributed by atoms with van der Waals surface area (Å²) in [6.45, 7) is 3.75. The molecule has 0 bridgehead atoms. The molecule has 2 rings (SSSR count). The van der Waals surface area contributed by atoms with Gasteiger partial charge in [-0.05, 0) is 42.3 Å². The normalized spacial score (nSPS) is 10.5. The van der Waals surface area contributed by atoms with Gasteiger partial charge in [0.1, 0.15) is 0 Å². The van der Waals surface area contributed by atoms with Crippen LogP contribution in [0.5, 0.6) is 0 Å². The lowest BCUT2D eigenvalue weighted by Crippen LogP contribution is -2.18. The summed E-state index contributed by atoms with van der Waals surface area (Å²) in [5, 5.41) is 3.42. The molecule has 3 N–H and O–H groups in total. The van der Waals surface area contributed by atoms with Crippen LogP contribution in [0, 0.1) is 6.92 Å². The average molecular weight is 300 g/mol. The van der Waals surface area contributed by atoms with Gasteiger partial charge in [-0.15, -0.1) is 11.8 Å². The van der Waals surface area contributed by atoms with E-state index in [0.29, 0.717) is 5.56 Å². The molecule has 0 aromatic heterocycles. The molecular weight excluding hydrogens is 280 g/mol. The summed E-state index contributed by atoms with van der Waals surface area (Å²) >= 11 is 1.84. The van der Waals surface area contributed by atoms with E-state index < -0.39 is 0 Å². The Morgan fingerprint density at radius 2 is 1.95 bits per heavy atom. The molecule has 2 aromatic rings. The van der Waals surface area contributed by atoms with Gasteiger partial charge in [-0.2, -0.15) is 0 Å². The molecule has 3 nitrogen and oxygen atoms in total. The number of amides is 1. The van der Waals surface area contributed by atoms with Crippen LogP contribution in [-0.4, -0.2) is 18.2 Å². The first-order valence-corrected chi connectivity index (χ1v) is 7.93. The molecule has 0 fully saturated rings. The zero-order valence-electron chi connectivity index (χ0n) is 12.1. The van der Waals surface area contributed by atoms with Crippen LogP contribution < -0.4 is 11.1 Å². The quantitative estimate of drug-likeness (QED) is 0.610. The van der Waals surface area contributed by atoms with Gasteiger partial charge < -0.3 is 11.1 Å². The molecule has 0 saturated carbocycles. The van der Waals surface area contributed by atoms with Crippen LogP contribution in [-0.2, 0) is 6.54 Å². The molecular formula is C17H20N2OS. The van der Waals surface area contributed by atoms with Crippen LogP contribution in [0.25, 0.3) is 0 Å². The first kappa shape index (κ1) is 15.6. The predicted molar refractivity (Wildman–Crippen MR) is 88.6 cm³/mol. The van der Waals surface area contributed by atoms with Crippen LogP contribution in [0.1, 0.15) is 21.5 Å². The summed E-state index contributed by atoms with van der Waals surface area (Å²) in [6, 6.07) is 16.0. The summed E-state index contributed by atoms with van der Waals surface area (Å²) in [6.07, 6.45) is 0. The maximum atomic E-state index is 11.1. The van der Waals surface area contributed by atoms with Crippen molar-refractivity contribution in [3.05, 3.63) is 65.2 Å². The molecule has 0 radical (unpaired) electrons. The first-order valence-electron chi connectivity index (χ1n) is 6.94. The number of aryl methyl sites for hydroxylation is 1. The third kappa shape index (κ3) is 4.92. The molecule has 0 aliphatic carbocycles. The first-order chi connectivity index (χ1) is 10.2. The van der Waals surface area contributed by atoms with Gasteiger partial charge in [-0.3, -0.25) is 4.79 Å². The highest BCUT2D eigenvalue weighted by Crippen LogP contribution is 2.16. The minimum Gasteiger partial charge on any atom is -0.366 e. The molecule has 0 spiro atoms. The van der Waals surface area contributed by atoms with Crippen molar-refractivity contribution in [2.75, 3.05) is 12.3 Å². The Hall–Kier alpha value is -1.78. The number of benzene rings is 2. The van der Waals surface area contributed by atoms with Crippen molar-refractivity contribution in [2.45, 2.75) is 18.4 Å². The van der Waals surface area contributed by atoms with E-state index in [1.807, 2.05) is 36.9 Å². The van der Waals surface area contributed by atoms with Gasteiger partial charge in [0.2, 0.25) is 5.91 Å². The molecule has 0 aliphatic rings. The monoisotopic (exact) mass is 300 g/mol. The SMILES string of the molecule is Cc1cc(C(N)=O)ccc1CNCCSc1ccccc1. The Balaban J connectivity index is 1.75. The summed E-state index contributed by atoms with van der Waals surface area (Å²) in [5.74, 6) is 0.652. The number of primary amides is 1. The van der Waals surface area contributed by atoms with E-state index in [-0.39, 0.29) is 5.91 Å². The van der Waals surface area contributed by atoms with Gasteiger partial charge in [-0.1, -0.05) is 24.3 Å². The van der Waals surface area contributed by atoms with Crippen LogP contribution in [0.15, 0.2) is 53.4 Å². The third-order valence-electron chi connectivity index (χ3n) is 3.23. The van der Waals surface area contributed by atoms with Gasteiger partial charge >= 0.3 is 0 Å². The molecule has 4 heteroatoms. The Morgan fingerprint density at radius 1 is 1.19 bits per heavy atom. The van der Waals surface area contributed by atoms with Gasteiger partial charge in [0.25, 0.3) is 0 Å². The van der Waals surface area contributed by atoms with Crippen molar-refractivity contribution in [3.8, 4) is 0 Å². The zero-order valence-corrected chi connectivity index (χ0v) is 13.0. The van der Waals surface area contributed by atoms with Crippen LogP contribution in [0.4, 0.5) is 0 Å². The highest BCUT2D eigenvalue weighted by atomic mass is 32.2. The highest BCUT2D eigenvalue weighted by Gasteiger charge is 2.03. The van der Waals surface area contributed by atoms with Crippen LogP contribution >= 0.6 is 11.8 Å². The fraction of sp³-hybridized carbons (Fsp3) is 0.235. The number of hydrogen-bond acceptors (Lipinski definition) is 3. The molecule has 2 aromatic carbocycles. The van der Waals surface area contributed by atoms with E-state index in [4.69, 9.17) is 5.73 Å². The zero-order chi connectivity index (χ0) is 15.1. The van der Waals surface area contributed by atoms with Gasteiger partial charge in [0, 0.05) is 29.3 Å². The smallest absolute Gasteiger partial charge is 0.248 e. The predicted octanol–water partition coefficient (Wildman–Crippen LogP) is 2.98. The molecule has 1 amide bonds. The summed E-state index contributed by atoms with van der Waals surface area (Å²) in [7, 11) is 0. The standard InChI is InChI=1S/C17H20N2OS/c1-13-11-14(17(18)20)7-8-15(13)12-19-9-10-21-16-5-3-2-4-6-16/h2-8,11,19H,9-10,12H2,1H3,(H2,18,20). The number of thioether (sulfide) groups is 1. The summed E-state index contributed by atoms with van der Waals surface area (Å²) < 4.78 is 0. The maximum absolute atomic E-state index is 11.1. The van der Waals surface area contributed by atoms with Crippen molar-refractivity contribution >= 4 is 17.7 Å². The van der Waals surface area contributed by atoms with E-state index in [1.165, 1.54) is 10.5 Å².